The van der Waals surface area contributed by atoms with Crippen molar-refractivity contribution >= 4 is 23.0 Å². The van der Waals surface area contributed by atoms with Gasteiger partial charge < -0.3 is 10.6 Å². The largest absolute Gasteiger partial charge is 0.416 e. The lowest BCUT2D eigenvalue weighted by Crippen LogP contribution is -2.23. The monoisotopic (exact) mass is 381 g/mol. The predicted molar refractivity (Wildman–Crippen MR) is 95.8 cm³/mol. The van der Waals surface area contributed by atoms with Gasteiger partial charge in [0.15, 0.2) is 0 Å². The standard InChI is InChI=1S/C18H18F3N3O3/c1-3-12-6-4-5-11(2)17(12)23-16(25)10-22-14-8-7-13(18(19,20)21)9-15(14)24(26)27/h4-9,22H,3,10H2,1-2H3,(H,23,25). The first-order valence-corrected chi connectivity index (χ1v) is 8.11. The molecule has 0 atom stereocenters. The van der Waals surface area contributed by atoms with Gasteiger partial charge in [0.05, 0.1) is 17.0 Å². The van der Waals surface area contributed by atoms with Crippen LogP contribution >= 0.6 is 0 Å². The van der Waals surface area contributed by atoms with E-state index in [1.54, 1.807) is 0 Å². The number of nitrogens with one attached hydrogen (secondary N) is 2. The van der Waals surface area contributed by atoms with Crippen molar-refractivity contribution in [3.8, 4) is 0 Å². The molecule has 0 spiro atoms. The molecule has 27 heavy (non-hydrogen) atoms. The molecule has 0 saturated carbocycles. The summed E-state index contributed by atoms with van der Waals surface area (Å²) in [5.41, 5.74) is 0.420. The molecule has 1 amide bonds. The predicted octanol–water partition coefficient (Wildman–Crippen LogP) is 4.54. The van der Waals surface area contributed by atoms with Gasteiger partial charge in [-0.25, -0.2) is 0 Å². The molecule has 0 aliphatic rings. The zero-order chi connectivity index (χ0) is 20.2. The number of carbonyl (C=O) groups is 1. The molecule has 144 valence electrons. The summed E-state index contributed by atoms with van der Waals surface area (Å²) in [6, 6.07) is 7.69. The van der Waals surface area contributed by atoms with Crippen LogP contribution < -0.4 is 10.6 Å². The van der Waals surface area contributed by atoms with E-state index in [4.69, 9.17) is 0 Å². The minimum atomic E-state index is -4.69. The van der Waals surface area contributed by atoms with E-state index in [0.717, 1.165) is 23.3 Å². The molecular weight excluding hydrogens is 363 g/mol. The van der Waals surface area contributed by atoms with E-state index in [1.165, 1.54) is 0 Å². The molecule has 0 aliphatic heterocycles. The fourth-order valence-electron chi connectivity index (χ4n) is 2.57. The number of halogens is 3. The maximum atomic E-state index is 12.7. The molecule has 2 rings (SSSR count). The number of aryl methyl sites for hydroxylation is 2. The maximum absolute atomic E-state index is 12.7. The second-order valence-electron chi connectivity index (χ2n) is 5.85. The van der Waals surface area contributed by atoms with Crippen LogP contribution in [0, 0.1) is 17.0 Å². The minimum absolute atomic E-state index is 0.163. The highest BCUT2D eigenvalue weighted by Crippen LogP contribution is 2.34. The number of alkyl halides is 3. The average Bonchev–Trinajstić information content (AvgIpc) is 2.60. The number of benzene rings is 2. The fraction of sp³-hybridized carbons (Fsp3) is 0.278. The smallest absolute Gasteiger partial charge is 0.371 e. The van der Waals surface area contributed by atoms with E-state index in [0.29, 0.717) is 18.2 Å². The highest BCUT2D eigenvalue weighted by atomic mass is 19.4. The Hall–Kier alpha value is -3.10. The summed E-state index contributed by atoms with van der Waals surface area (Å²) in [5, 5.41) is 16.3. The number of hydrogen-bond acceptors (Lipinski definition) is 4. The molecule has 0 aromatic heterocycles. The van der Waals surface area contributed by atoms with Crippen LogP contribution in [0.25, 0.3) is 0 Å². The first-order valence-electron chi connectivity index (χ1n) is 8.11. The van der Waals surface area contributed by atoms with Crippen molar-refractivity contribution in [3.05, 3.63) is 63.2 Å². The highest BCUT2D eigenvalue weighted by molar-refractivity contribution is 5.95. The number of nitrogens with zero attached hydrogens (tertiary/aromatic N) is 1. The number of amides is 1. The van der Waals surface area contributed by atoms with E-state index in [-0.39, 0.29) is 12.2 Å². The molecule has 2 aromatic carbocycles. The van der Waals surface area contributed by atoms with Crippen LogP contribution in [-0.4, -0.2) is 17.4 Å². The topological polar surface area (TPSA) is 84.3 Å². The molecule has 6 nitrogen and oxygen atoms in total. The van der Waals surface area contributed by atoms with E-state index >= 15 is 0 Å². The third-order valence-corrected chi connectivity index (χ3v) is 3.97. The number of para-hydroxylation sites is 1. The Kier molecular flexibility index (Phi) is 6.04. The summed E-state index contributed by atoms with van der Waals surface area (Å²) < 4.78 is 38.2. The molecule has 0 aliphatic carbocycles. The third-order valence-electron chi connectivity index (χ3n) is 3.97. The highest BCUT2D eigenvalue weighted by Gasteiger charge is 2.33. The first kappa shape index (κ1) is 20.2. The van der Waals surface area contributed by atoms with Gasteiger partial charge in [-0.15, -0.1) is 0 Å². The lowest BCUT2D eigenvalue weighted by atomic mass is 10.1. The van der Waals surface area contributed by atoms with Crippen molar-refractivity contribution in [2.75, 3.05) is 17.2 Å². The van der Waals surface area contributed by atoms with Crippen LogP contribution in [-0.2, 0) is 17.4 Å². The Balaban J connectivity index is 2.15. The van der Waals surface area contributed by atoms with Gasteiger partial charge in [-0.3, -0.25) is 14.9 Å². The van der Waals surface area contributed by atoms with Crippen molar-refractivity contribution in [2.45, 2.75) is 26.4 Å². The van der Waals surface area contributed by atoms with Crippen molar-refractivity contribution < 1.29 is 22.9 Å². The summed E-state index contributed by atoms with van der Waals surface area (Å²) in [6.45, 7) is 3.45. The van der Waals surface area contributed by atoms with E-state index < -0.39 is 28.3 Å². The van der Waals surface area contributed by atoms with E-state index in [2.05, 4.69) is 10.6 Å². The molecule has 0 bridgehead atoms. The Morgan fingerprint density at radius 3 is 2.52 bits per heavy atom. The van der Waals surface area contributed by atoms with Crippen LogP contribution in [0.4, 0.5) is 30.2 Å². The summed E-state index contributed by atoms with van der Waals surface area (Å²) in [7, 11) is 0. The van der Waals surface area contributed by atoms with Gasteiger partial charge in [0.2, 0.25) is 5.91 Å². The molecule has 0 unspecified atom stereocenters. The van der Waals surface area contributed by atoms with Gasteiger partial charge in [-0.2, -0.15) is 13.2 Å². The van der Waals surface area contributed by atoms with Gasteiger partial charge in [0, 0.05) is 11.8 Å². The summed E-state index contributed by atoms with van der Waals surface area (Å²) in [5.74, 6) is -0.465. The molecule has 0 fully saturated rings. The Labute approximate surface area is 153 Å². The minimum Gasteiger partial charge on any atom is -0.371 e. The van der Waals surface area contributed by atoms with Gasteiger partial charge in [-0.05, 0) is 36.6 Å². The molecular formula is C18H18F3N3O3. The van der Waals surface area contributed by atoms with Crippen LogP contribution in [0.2, 0.25) is 0 Å². The number of rotatable bonds is 6. The molecule has 0 radical (unpaired) electrons. The van der Waals surface area contributed by atoms with Gasteiger partial charge >= 0.3 is 6.18 Å². The average molecular weight is 381 g/mol. The van der Waals surface area contributed by atoms with Crippen LogP contribution in [0.15, 0.2) is 36.4 Å². The summed E-state index contributed by atoms with van der Waals surface area (Å²) in [4.78, 5) is 22.3. The van der Waals surface area contributed by atoms with Crippen molar-refractivity contribution in [2.24, 2.45) is 0 Å². The first-order chi connectivity index (χ1) is 12.6. The number of nitro benzene ring substituents is 1. The Bertz CT molecular complexity index is 867. The van der Waals surface area contributed by atoms with Crippen LogP contribution in [0.3, 0.4) is 0 Å². The Morgan fingerprint density at radius 2 is 1.93 bits per heavy atom. The second-order valence-corrected chi connectivity index (χ2v) is 5.85. The quantitative estimate of drug-likeness (QED) is 0.569. The van der Waals surface area contributed by atoms with E-state index in [1.807, 2.05) is 32.0 Å². The van der Waals surface area contributed by atoms with Gasteiger partial charge in [0.25, 0.3) is 5.69 Å². The lowest BCUT2D eigenvalue weighted by molar-refractivity contribution is -0.384. The zero-order valence-electron chi connectivity index (χ0n) is 14.7. The summed E-state index contributed by atoms with van der Waals surface area (Å²) >= 11 is 0. The molecule has 2 aromatic rings. The number of hydrogen-bond donors (Lipinski definition) is 2. The zero-order valence-corrected chi connectivity index (χ0v) is 14.7. The SMILES string of the molecule is CCc1cccc(C)c1NC(=O)CNc1ccc(C(F)(F)F)cc1[N+](=O)[O-]. The van der Waals surface area contributed by atoms with Crippen LogP contribution in [0.1, 0.15) is 23.6 Å². The van der Waals surface area contributed by atoms with Gasteiger partial charge in [0.1, 0.15) is 5.69 Å². The third kappa shape index (κ3) is 4.96. The normalized spacial score (nSPS) is 11.1. The lowest BCUT2D eigenvalue weighted by Gasteiger charge is -2.14. The molecule has 2 N–H and O–H groups in total. The molecule has 0 saturated heterocycles. The maximum Gasteiger partial charge on any atom is 0.416 e. The summed E-state index contributed by atoms with van der Waals surface area (Å²) in [6.07, 6.45) is -3.99. The number of carbonyl (C=O) groups excluding carboxylic acids is 1. The van der Waals surface area contributed by atoms with Crippen LogP contribution in [0.5, 0.6) is 0 Å². The van der Waals surface area contributed by atoms with Crippen molar-refractivity contribution in [3.63, 3.8) is 0 Å². The van der Waals surface area contributed by atoms with Crippen molar-refractivity contribution in [1.29, 1.82) is 0 Å². The van der Waals surface area contributed by atoms with E-state index in [9.17, 15) is 28.1 Å². The number of nitro groups is 1. The fourth-order valence-corrected chi connectivity index (χ4v) is 2.57. The number of anilines is 2. The molecule has 0 heterocycles. The second kappa shape index (κ2) is 8.07. The van der Waals surface area contributed by atoms with Gasteiger partial charge in [-0.1, -0.05) is 25.1 Å². The van der Waals surface area contributed by atoms with Crippen molar-refractivity contribution in [1.82, 2.24) is 0 Å². The Morgan fingerprint density at radius 1 is 1.22 bits per heavy atom. The molecule has 9 heteroatoms.